The van der Waals surface area contributed by atoms with Gasteiger partial charge in [-0.05, 0) is 53.6 Å². The fourth-order valence-corrected chi connectivity index (χ4v) is 3.24. The van der Waals surface area contributed by atoms with Crippen LogP contribution in [0.2, 0.25) is 5.02 Å². The third kappa shape index (κ3) is 4.84. The molecule has 0 spiro atoms. The first-order chi connectivity index (χ1) is 15.4. The number of fused-ring (bicyclic) bond motifs is 1. The Morgan fingerprint density at radius 1 is 1.12 bits per heavy atom. The molecule has 0 radical (unpaired) electrons. The molecule has 0 aliphatic rings. The van der Waals surface area contributed by atoms with Crippen LogP contribution in [0.1, 0.15) is 11.1 Å². The van der Waals surface area contributed by atoms with Crippen molar-refractivity contribution in [2.45, 2.75) is 6.42 Å². The Bertz CT molecular complexity index is 1350. The van der Waals surface area contributed by atoms with Crippen molar-refractivity contribution < 1.29 is 23.5 Å². The molecule has 1 amide bonds. The van der Waals surface area contributed by atoms with E-state index >= 15 is 0 Å². The molecule has 0 unspecified atom stereocenters. The van der Waals surface area contributed by atoms with E-state index in [4.69, 9.17) is 21.1 Å². The summed E-state index contributed by atoms with van der Waals surface area (Å²) in [6.45, 7) is 0. The van der Waals surface area contributed by atoms with Gasteiger partial charge in [-0.2, -0.15) is 0 Å². The van der Waals surface area contributed by atoms with E-state index in [1.165, 1.54) is 18.2 Å². The summed E-state index contributed by atoms with van der Waals surface area (Å²) in [5.41, 5.74) is 3.25. The average Bonchev–Trinajstić information content (AvgIpc) is 3.19. The first kappa shape index (κ1) is 21.3. The quantitative estimate of drug-likeness (QED) is 0.375. The van der Waals surface area contributed by atoms with Gasteiger partial charge in [0.1, 0.15) is 5.52 Å². The van der Waals surface area contributed by atoms with Gasteiger partial charge in [0.05, 0.1) is 17.1 Å². The zero-order valence-electron chi connectivity index (χ0n) is 16.5. The van der Waals surface area contributed by atoms with Crippen molar-refractivity contribution in [2.75, 3.05) is 5.32 Å². The minimum Gasteiger partial charge on any atom is -0.481 e. The number of carboxylic acid groups (broad SMARTS) is 1. The molecule has 1 aromatic heterocycles. The molecule has 0 atom stereocenters. The number of halogens is 2. The minimum atomic E-state index is -0.914. The van der Waals surface area contributed by atoms with Crippen molar-refractivity contribution in [1.29, 1.82) is 0 Å². The van der Waals surface area contributed by atoms with E-state index in [2.05, 4.69) is 10.3 Å². The van der Waals surface area contributed by atoms with Crippen LogP contribution in [-0.2, 0) is 16.0 Å². The van der Waals surface area contributed by atoms with Crippen molar-refractivity contribution in [3.05, 3.63) is 88.7 Å². The smallest absolute Gasteiger partial charge is 0.307 e. The monoisotopic (exact) mass is 450 g/mol. The summed E-state index contributed by atoms with van der Waals surface area (Å²) in [7, 11) is 0. The molecule has 32 heavy (non-hydrogen) atoms. The number of benzene rings is 3. The lowest BCUT2D eigenvalue weighted by Crippen LogP contribution is -2.09. The number of carboxylic acids is 1. The van der Waals surface area contributed by atoms with E-state index in [1.54, 1.807) is 54.6 Å². The third-order valence-corrected chi connectivity index (χ3v) is 4.89. The van der Waals surface area contributed by atoms with Crippen LogP contribution in [0, 0.1) is 5.82 Å². The predicted molar refractivity (Wildman–Crippen MR) is 120 cm³/mol. The third-order valence-electron chi connectivity index (χ3n) is 4.60. The van der Waals surface area contributed by atoms with Crippen LogP contribution >= 0.6 is 11.6 Å². The molecular formula is C24H16ClFN2O4. The maximum atomic E-state index is 13.9. The maximum absolute atomic E-state index is 13.9. The summed E-state index contributed by atoms with van der Waals surface area (Å²) >= 11 is 5.71. The Balaban J connectivity index is 1.46. The summed E-state index contributed by atoms with van der Waals surface area (Å²) in [6.07, 6.45) is 2.79. The van der Waals surface area contributed by atoms with Crippen LogP contribution in [-0.4, -0.2) is 22.0 Å². The van der Waals surface area contributed by atoms with Crippen molar-refractivity contribution in [1.82, 2.24) is 4.98 Å². The van der Waals surface area contributed by atoms with Crippen LogP contribution < -0.4 is 5.32 Å². The highest BCUT2D eigenvalue weighted by Gasteiger charge is 2.11. The second kappa shape index (κ2) is 9.03. The van der Waals surface area contributed by atoms with Gasteiger partial charge in [-0.25, -0.2) is 9.37 Å². The molecule has 160 valence electrons. The number of carbonyl (C=O) groups is 2. The number of nitrogens with one attached hydrogen (secondary N) is 1. The molecular weight excluding hydrogens is 435 g/mol. The lowest BCUT2D eigenvalue weighted by atomic mass is 10.1. The lowest BCUT2D eigenvalue weighted by Gasteiger charge is -2.04. The molecule has 4 aromatic rings. The number of nitrogens with zero attached hydrogens (tertiary/aromatic N) is 1. The Labute approximate surface area is 187 Å². The summed E-state index contributed by atoms with van der Waals surface area (Å²) in [6, 6.07) is 16.6. The molecule has 8 heteroatoms. The number of hydrogen-bond acceptors (Lipinski definition) is 4. The van der Waals surface area contributed by atoms with Gasteiger partial charge in [0.2, 0.25) is 11.8 Å². The lowest BCUT2D eigenvalue weighted by molar-refractivity contribution is -0.136. The summed E-state index contributed by atoms with van der Waals surface area (Å²) in [5.74, 6) is -1.69. The highest BCUT2D eigenvalue weighted by Crippen LogP contribution is 2.26. The highest BCUT2D eigenvalue weighted by atomic mass is 35.5. The van der Waals surface area contributed by atoms with Gasteiger partial charge in [0.15, 0.2) is 11.4 Å². The Morgan fingerprint density at radius 3 is 2.66 bits per heavy atom. The van der Waals surface area contributed by atoms with Crippen LogP contribution in [0.5, 0.6) is 0 Å². The van der Waals surface area contributed by atoms with Crippen molar-refractivity contribution in [3.8, 4) is 11.5 Å². The van der Waals surface area contributed by atoms with Crippen LogP contribution in [0.15, 0.2) is 71.2 Å². The fourth-order valence-electron chi connectivity index (χ4n) is 3.06. The first-order valence-corrected chi connectivity index (χ1v) is 9.91. The molecule has 0 saturated heterocycles. The Hall–Kier alpha value is -3.97. The number of anilines is 1. The topological polar surface area (TPSA) is 92.4 Å². The number of aliphatic carboxylic acids is 1. The van der Waals surface area contributed by atoms with E-state index in [0.717, 1.165) is 11.1 Å². The molecule has 0 saturated carbocycles. The second-order valence-electron chi connectivity index (χ2n) is 6.94. The number of rotatable bonds is 6. The van der Waals surface area contributed by atoms with E-state index in [1.807, 2.05) is 0 Å². The van der Waals surface area contributed by atoms with Gasteiger partial charge in [-0.15, -0.1) is 0 Å². The van der Waals surface area contributed by atoms with E-state index in [0.29, 0.717) is 22.6 Å². The van der Waals surface area contributed by atoms with Crippen LogP contribution in [0.4, 0.5) is 10.1 Å². The first-order valence-electron chi connectivity index (χ1n) is 9.54. The van der Waals surface area contributed by atoms with E-state index in [-0.39, 0.29) is 17.1 Å². The molecule has 3 aromatic carbocycles. The summed E-state index contributed by atoms with van der Waals surface area (Å²) < 4.78 is 19.6. The Kier molecular flexibility index (Phi) is 6.00. The van der Waals surface area contributed by atoms with Crippen LogP contribution in [0.3, 0.4) is 0 Å². The largest absolute Gasteiger partial charge is 0.481 e. The number of amides is 1. The van der Waals surface area contributed by atoms with E-state index in [9.17, 15) is 14.0 Å². The van der Waals surface area contributed by atoms with Gasteiger partial charge in [-0.3, -0.25) is 9.59 Å². The van der Waals surface area contributed by atoms with Gasteiger partial charge in [-0.1, -0.05) is 35.9 Å². The summed E-state index contributed by atoms with van der Waals surface area (Å²) in [5, 5.41) is 11.3. The van der Waals surface area contributed by atoms with Crippen LogP contribution in [0.25, 0.3) is 28.6 Å². The standard InChI is InChI=1S/C24H16ClFN2O4/c25-17-2-1-3-18(23(17)26)27-21(29)11-7-14-4-8-16(9-5-14)24-28-19-12-15(13-22(30)31)6-10-20(19)32-24/h1-12H,13H2,(H,27,29)(H,30,31). The Morgan fingerprint density at radius 2 is 1.91 bits per heavy atom. The summed E-state index contributed by atoms with van der Waals surface area (Å²) in [4.78, 5) is 27.4. The fraction of sp³-hybridized carbons (Fsp3) is 0.0417. The van der Waals surface area contributed by atoms with Gasteiger partial charge in [0, 0.05) is 11.6 Å². The SMILES string of the molecule is O=C(O)Cc1ccc2oc(-c3ccc(C=CC(=O)Nc4cccc(Cl)c4F)cc3)nc2c1. The van der Waals surface area contributed by atoms with Crippen molar-refractivity contribution in [3.63, 3.8) is 0 Å². The van der Waals surface area contributed by atoms with Crippen molar-refractivity contribution >= 4 is 46.3 Å². The van der Waals surface area contributed by atoms with E-state index < -0.39 is 17.7 Å². The number of hydrogen-bond donors (Lipinski definition) is 2. The minimum absolute atomic E-state index is 0.00460. The van der Waals surface area contributed by atoms with Gasteiger partial charge in [0.25, 0.3) is 0 Å². The molecule has 4 rings (SSSR count). The zero-order valence-corrected chi connectivity index (χ0v) is 17.3. The molecule has 1 heterocycles. The number of oxazole rings is 1. The molecule has 0 aliphatic heterocycles. The molecule has 0 bridgehead atoms. The molecule has 2 N–H and O–H groups in total. The number of aromatic nitrogens is 1. The van der Waals surface area contributed by atoms with Gasteiger partial charge >= 0.3 is 5.97 Å². The normalized spacial score (nSPS) is 11.2. The zero-order chi connectivity index (χ0) is 22.7. The molecule has 0 fully saturated rings. The van der Waals surface area contributed by atoms with Crippen molar-refractivity contribution in [2.24, 2.45) is 0 Å². The van der Waals surface area contributed by atoms with Gasteiger partial charge < -0.3 is 14.8 Å². The second-order valence-corrected chi connectivity index (χ2v) is 7.34. The predicted octanol–water partition coefficient (Wildman–Crippen LogP) is 5.57. The maximum Gasteiger partial charge on any atom is 0.307 e. The molecule has 6 nitrogen and oxygen atoms in total. The average molecular weight is 451 g/mol. The molecule has 0 aliphatic carbocycles. The highest BCUT2D eigenvalue weighted by molar-refractivity contribution is 6.31. The number of carbonyl (C=O) groups excluding carboxylic acids is 1.